The summed E-state index contributed by atoms with van der Waals surface area (Å²) in [5.74, 6) is -0.211. The van der Waals surface area contributed by atoms with E-state index in [-0.39, 0.29) is 5.97 Å². The van der Waals surface area contributed by atoms with Crippen LogP contribution in [0.4, 0.5) is 0 Å². The Morgan fingerprint density at radius 1 is 1.42 bits per heavy atom. The van der Waals surface area contributed by atoms with Gasteiger partial charge in [0.25, 0.3) is 0 Å². The van der Waals surface area contributed by atoms with Crippen molar-refractivity contribution in [1.29, 1.82) is 0 Å². The first-order valence-corrected chi connectivity index (χ1v) is 3.84. The van der Waals surface area contributed by atoms with Gasteiger partial charge in [-0.05, 0) is 26.0 Å². The molecule has 0 aliphatic carbocycles. The molecule has 0 aliphatic heterocycles. The lowest BCUT2D eigenvalue weighted by atomic mass is 10.5. The van der Waals surface area contributed by atoms with Gasteiger partial charge in [0.15, 0.2) is 0 Å². The third-order valence-electron chi connectivity index (χ3n) is 1.93. The molecule has 0 radical (unpaired) electrons. The molecular weight excluding hydrogens is 154 g/mol. The lowest BCUT2D eigenvalue weighted by molar-refractivity contribution is -0.141. The highest BCUT2D eigenvalue weighted by Gasteiger charge is 2.05. The molecule has 0 unspecified atom stereocenters. The summed E-state index contributed by atoms with van der Waals surface area (Å²) < 4.78 is 6.50. The molecule has 0 saturated carbocycles. The molecular formula is C9H13NO2. The Balaban J connectivity index is 2.80. The van der Waals surface area contributed by atoms with Gasteiger partial charge >= 0.3 is 5.97 Å². The number of nitrogens with zero attached hydrogens (tertiary/aromatic N) is 1. The molecule has 0 aliphatic rings. The van der Waals surface area contributed by atoms with Crippen molar-refractivity contribution < 1.29 is 9.53 Å². The predicted octanol–water partition coefficient (Wildman–Crippen LogP) is 1.28. The topological polar surface area (TPSA) is 31.2 Å². The minimum atomic E-state index is -0.211. The molecule has 0 spiro atoms. The zero-order chi connectivity index (χ0) is 9.14. The second kappa shape index (κ2) is 3.43. The van der Waals surface area contributed by atoms with Gasteiger partial charge in [-0.15, -0.1) is 0 Å². The van der Waals surface area contributed by atoms with Crippen LogP contribution in [-0.4, -0.2) is 17.6 Å². The maximum absolute atomic E-state index is 10.9. The second-order valence-electron chi connectivity index (χ2n) is 2.78. The predicted molar refractivity (Wildman–Crippen MR) is 45.9 cm³/mol. The molecule has 3 nitrogen and oxygen atoms in total. The standard InChI is InChI=1S/C9H13NO2/c1-7-4-5-8(2)10(7)6-9(11)12-3/h4-5H,6H2,1-3H3. The Morgan fingerprint density at radius 2 is 1.92 bits per heavy atom. The average molecular weight is 167 g/mol. The van der Waals surface area contributed by atoms with Crippen LogP contribution in [0, 0.1) is 13.8 Å². The molecule has 1 aromatic rings. The van der Waals surface area contributed by atoms with Crippen LogP contribution in [0.5, 0.6) is 0 Å². The number of carbonyl (C=O) groups excluding carboxylic acids is 1. The van der Waals surface area contributed by atoms with E-state index in [1.807, 2.05) is 30.5 Å². The Kier molecular flexibility index (Phi) is 2.53. The number of carbonyl (C=O) groups is 1. The molecule has 0 atom stereocenters. The zero-order valence-corrected chi connectivity index (χ0v) is 7.63. The summed E-state index contributed by atoms with van der Waals surface area (Å²) in [6, 6.07) is 3.97. The van der Waals surface area contributed by atoms with Gasteiger partial charge in [-0.3, -0.25) is 4.79 Å². The molecule has 0 saturated heterocycles. The maximum Gasteiger partial charge on any atom is 0.325 e. The average Bonchev–Trinajstić information content (AvgIpc) is 2.35. The van der Waals surface area contributed by atoms with Crippen molar-refractivity contribution in [2.75, 3.05) is 7.11 Å². The highest BCUT2D eigenvalue weighted by molar-refractivity contribution is 5.69. The van der Waals surface area contributed by atoms with Crippen molar-refractivity contribution in [2.24, 2.45) is 0 Å². The van der Waals surface area contributed by atoms with Crippen molar-refractivity contribution in [3.63, 3.8) is 0 Å². The first-order valence-electron chi connectivity index (χ1n) is 3.84. The Morgan fingerprint density at radius 3 is 2.33 bits per heavy atom. The van der Waals surface area contributed by atoms with Crippen molar-refractivity contribution in [2.45, 2.75) is 20.4 Å². The number of methoxy groups -OCH3 is 1. The Hall–Kier alpha value is -1.25. The van der Waals surface area contributed by atoms with Crippen molar-refractivity contribution >= 4 is 5.97 Å². The summed E-state index contributed by atoms with van der Waals surface area (Å²) in [6.07, 6.45) is 0. The lowest BCUT2D eigenvalue weighted by Gasteiger charge is -2.06. The minimum Gasteiger partial charge on any atom is -0.468 e. The largest absolute Gasteiger partial charge is 0.468 e. The van der Waals surface area contributed by atoms with Crippen LogP contribution in [0.15, 0.2) is 12.1 Å². The molecule has 0 amide bonds. The SMILES string of the molecule is COC(=O)Cn1c(C)ccc1C. The molecule has 0 N–H and O–H groups in total. The normalized spacial score (nSPS) is 9.92. The van der Waals surface area contributed by atoms with Gasteiger partial charge < -0.3 is 9.30 Å². The Bertz CT molecular complexity index is 269. The second-order valence-corrected chi connectivity index (χ2v) is 2.78. The van der Waals surface area contributed by atoms with E-state index in [1.165, 1.54) is 7.11 Å². The first-order chi connectivity index (χ1) is 5.65. The van der Waals surface area contributed by atoms with Crippen LogP contribution in [-0.2, 0) is 16.1 Å². The Labute approximate surface area is 72.0 Å². The molecule has 0 bridgehead atoms. The van der Waals surface area contributed by atoms with Crippen LogP contribution in [0.1, 0.15) is 11.4 Å². The van der Waals surface area contributed by atoms with Crippen LogP contribution in [0.25, 0.3) is 0 Å². The van der Waals surface area contributed by atoms with Crippen LogP contribution in [0.2, 0.25) is 0 Å². The summed E-state index contributed by atoms with van der Waals surface area (Å²) in [5, 5.41) is 0. The lowest BCUT2D eigenvalue weighted by Crippen LogP contribution is -2.13. The molecule has 1 heterocycles. The van der Waals surface area contributed by atoms with E-state index in [0.29, 0.717) is 6.54 Å². The van der Waals surface area contributed by atoms with Gasteiger partial charge in [0.1, 0.15) is 6.54 Å². The summed E-state index contributed by atoms with van der Waals surface area (Å²) >= 11 is 0. The van der Waals surface area contributed by atoms with Crippen molar-refractivity contribution in [3.8, 4) is 0 Å². The number of ether oxygens (including phenoxy) is 1. The van der Waals surface area contributed by atoms with Gasteiger partial charge in [0.2, 0.25) is 0 Å². The molecule has 0 aromatic carbocycles. The summed E-state index contributed by atoms with van der Waals surface area (Å²) in [6.45, 7) is 4.24. The molecule has 0 fully saturated rings. The number of aryl methyl sites for hydroxylation is 2. The monoisotopic (exact) mass is 167 g/mol. The van der Waals surface area contributed by atoms with Crippen LogP contribution < -0.4 is 0 Å². The number of aromatic nitrogens is 1. The summed E-state index contributed by atoms with van der Waals surface area (Å²) in [7, 11) is 1.40. The molecule has 3 heteroatoms. The van der Waals surface area contributed by atoms with Gasteiger partial charge in [-0.2, -0.15) is 0 Å². The quantitative estimate of drug-likeness (QED) is 0.621. The third kappa shape index (κ3) is 1.67. The van der Waals surface area contributed by atoms with Gasteiger partial charge in [-0.25, -0.2) is 0 Å². The summed E-state index contributed by atoms with van der Waals surface area (Å²) in [5.41, 5.74) is 2.16. The molecule has 66 valence electrons. The first kappa shape index (κ1) is 8.84. The van der Waals surface area contributed by atoms with E-state index in [1.54, 1.807) is 0 Å². The van der Waals surface area contributed by atoms with Crippen molar-refractivity contribution in [3.05, 3.63) is 23.5 Å². The van der Waals surface area contributed by atoms with E-state index >= 15 is 0 Å². The third-order valence-corrected chi connectivity index (χ3v) is 1.93. The fourth-order valence-corrected chi connectivity index (χ4v) is 1.14. The van der Waals surface area contributed by atoms with Gasteiger partial charge in [-0.1, -0.05) is 0 Å². The number of esters is 1. The van der Waals surface area contributed by atoms with Gasteiger partial charge in [0, 0.05) is 11.4 Å². The van der Waals surface area contributed by atoms with Crippen LogP contribution in [0.3, 0.4) is 0 Å². The van der Waals surface area contributed by atoms with E-state index in [0.717, 1.165) is 11.4 Å². The fraction of sp³-hybridized carbons (Fsp3) is 0.444. The van der Waals surface area contributed by atoms with E-state index in [2.05, 4.69) is 4.74 Å². The highest BCUT2D eigenvalue weighted by Crippen LogP contribution is 2.06. The smallest absolute Gasteiger partial charge is 0.325 e. The highest BCUT2D eigenvalue weighted by atomic mass is 16.5. The molecule has 1 rings (SSSR count). The molecule has 1 aromatic heterocycles. The summed E-state index contributed by atoms with van der Waals surface area (Å²) in [4.78, 5) is 10.9. The molecule has 12 heavy (non-hydrogen) atoms. The van der Waals surface area contributed by atoms with E-state index in [4.69, 9.17) is 0 Å². The van der Waals surface area contributed by atoms with Crippen LogP contribution >= 0.6 is 0 Å². The minimum absolute atomic E-state index is 0.211. The van der Waals surface area contributed by atoms with Crippen molar-refractivity contribution in [1.82, 2.24) is 4.57 Å². The zero-order valence-electron chi connectivity index (χ0n) is 7.63. The fourth-order valence-electron chi connectivity index (χ4n) is 1.14. The maximum atomic E-state index is 10.9. The number of hydrogen-bond acceptors (Lipinski definition) is 2. The van der Waals surface area contributed by atoms with Gasteiger partial charge in [0.05, 0.1) is 7.11 Å². The van der Waals surface area contributed by atoms with E-state index < -0.39 is 0 Å². The van der Waals surface area contributed by atoms with E-state index in [9.17, 15) is 4.79 Å². The number of hydrogen-bond donors (Lipinski definition) is 0. The number of rotatable bonds is 2.